The smallest absolute Gasteiger partial charge is 0.124 e. The molecule has 0 amide bonds. The van der Waals surface area contributed by atoms with E-state index in [9.17, 15) is 0 Å². The first-order valence-electron chi connectivity index (χ1n) is 7.90. The Hall–Kier alpha value is -1.02. The Bertz CT molecular complexity index is 464. The highest BCUT2D eigenvalue weighted by Gasteiger charge is 2.28. The van der Waals surface area contributed by atoms with Gasteiger partial charge in [-0.3, -0.25) is 0 Å². The summed E-state index contributed by atoms with van der Waals surface area (Å²) in [6.07, 6.45) is 2.47. The summed E-state index contributed by atoms with van der Waals surface area (Å²) in [7, 11) is 0. The maximum absolute atomic E-state index is 6.00. The first-order chi connectivity index (χ1) is 9.33. The number of hydrogen-bond donors (Lipinski definition) is 1. The van der Waals surface area contributed by atoms with Gasteiger partial charge in [-0.2, -0.15) is 0 Å². The molecule has 0 spiro atoms. The average Bonchev–Trinajstić information content (AvgIpc) is 2.37. The molecule has 2 unspecified atom stereocenters. The van der Waals surface area contributed by atoms with E-state index in [1.807, 2.05) is 0 Å². The summed E-state index contributed by atoms with van der Waals surface area (Å²) < 4.78 is 6.00. The van der Waals surface area contributed by atoms with Gasteiger partial charge >= 0.3 is 0 Å². The molecule has 2 nitrogen and oxygen atoms in total. The van der Waals surface area contributed by atoms with Crippen LogP contribution >= 0.6 is 0 Å². The van der Waals surface area contributed by atoms with E-state index < -0.39 is 0 Å². The maximum Gasteiger partial charge on any atom is 0.124 e. The molecular weight excluding hydrogens is 246 g/mol. The van der Waals surface area contributed by atoms with Crippen LogP contribution in [0.15, 0.2) is 18.2 Å². The third-order valence-electron chi connectivity index (χ3n) is 4.48. The topological polar surface area (TPSA) is 21.3 Å². The number of nitrogens with one attached hydrogen (secondary N) is 1. The normalized spacial score (nSPS) is 22.6. The van der Waals surface area contributed by atoms with Crippen LogP contribution in [-0.2, 0) is 5.41 Å². The first kappa shape index (κ1) is 15.4. The number of fused-ring (bicyclic) bond motifs is 1. The third-order valence-corrected chi connectivity index (χ3v) is 4.48. The fraction of sp³-hybridized carbons (Fsp3) is 0.667. The van der Waals surface area contributed by atoms with Crippen LogP contribution in [0.5, 0.6) is 5.75 Å². The largest absolute Gasteiger partial charge is 0.490 e. The molecule has 20 heavy (non-hydrogen) atoms. The van der Waals surface area contributed by atoms with Crippen LogP contribution < -0.4 is 10.1 Å². The highest BCUT2D eigenvalue weighted by molar-refractivity contribution is 5.43. The summed E-state index contributed by atoms with van der Waals surface area (Å²) in [5.41, 5.74) is 2.96. The summed E-state index contributed by atoms with van der Waals surface area (Å²) in [6.45, 7) is 13.4. The molecule has 1 heterocycles. The zero-order chi connectivity index (χ0) is 14.9. The molecule has 1 aliphatic rings. The molecule has 0 aromatic heterocycles. The van der Waals surface area contributed by atoms with Gasteiger partial charge in [0.25, 0.3) is 0 Å². The number of ether oxygens (including phenoxy) is 1. The van der Waals surface area contributed by atoms with Crippen molar-refractivity contribution >= 4 is 0 Å². The van der Waals surface area contributed by atoms with Crippen LogP contribution in [0.4, 0.5) is 0 Å². The van der Waals surface area contributed by atoms with Gasteiger partial charge in [0.15, 0.2) is 0 Å². The van der Waals surface area contributed by atoms with Gasteiger partial charge in [-0.15, -0.1) is 0 Å². The molecule has 0 aliphatic carbocycles. The van der Waals surface area contributed by atoms with E-state index >= 15 is 0 Å². The predicted octanol–water partition coefficient (Wildman–Crippen LogP) is 4.58. The van der Waals surface area contributed by atoms with Crippen LogP contribution in [-0.4, -0.2) is 12.1 Å². The predicted molar refractivity (Wildman–Crippen MR) is 85.5 cm³/mol. The second-order valence-corrected chi connectivity index (χ2v) is 7.03. The van der Waals surface area contributed by atoms with Crippen LogP contribution in [0.1, 0.15) is 71.6 Å². The number of benzene rings is 1. The van der Waals surface area contributed by atoms with Gasteiger partial charge in [-0.05, 0) is 36.5 Å². The van der Waals surface area contributed by atoms with E-state index in [4.69, 9.17) is 4.74 Å². The van der Waals surface area contributed by atoms with Crippen molar-refractivity contribution < 1.29 is 4.74 Å². The molecule has 0 saturated heterocycles. The molecule has 2 heteroatoms. The standard InChI is InChI=1S/C18H29NO/c1-7-18(5,6)14-8-9-17-15(11-14)16(19-12(2)3)10-13(4)20-17/h8-9,11-13,16,19H,7,10H2,1-6H3. The summed E-state index contributed by atoms with van der Waals surface area (Å²) >= 11 is 0. The fourth-order valence-corrected chi connectivity index (χ4v) is 2.84. The van der Waals surface area contributed by atoms with Crippen molar-refractivity contribution in [3.63, 3.8) is 0 Å². The van der Waals surface area contributed by atoms with Crippen molar-refractivity contribution in [3.05, 3.63) is 29.3 Å². The van der Waals surface area contributed by atoms with Gasteiger partial charge in [-0.1, -0.05) is 40.7 Å². The zero-order valence-electron chi connectivity index (χ0n) is 13.8. The second kappa shape index (κ2) is 5.77. The third kappa shape index (κ3) is 3.17. The lowest BCUT2D eigenvalue weighted by Crippen LogP contribution is -2.35. The van der Waals surface area contributed by atoms with E-state index in [-0.39, 0.29) is 11.5 Å². The van der Waals surface area contributed by atoms with E-state index in [0.717, 1.165) is 18.6 Å². The molecule has 0 saturated carbocycles. The Morgan fingerprint density at radius 3 is 2.65 bits per heavy atom. The minimum absolute atomic E-state index is 0.223. The van der Waals surface area contributed by atoms with Crippen LogP contribution in [0.2, 0.25) is 0 Å². The Kier molecular flexibility index (Phi) is 4.43. The lowest BCUT2D eigenvalue weighted by atomic mass is 9.80. The van der Waals surface area contributed by atoms with E-state index in [0.29, 0.717) is 12.1 Å². The van der Waals surface area contributed by atoms with Crippen molar-refractivity contribution in [1.82, 2.24) is 5.32 Å². The summed E-state index contributed by atoms with van der Waals surface area (Å²) in [5.74, 6) is 1.05. The Labute approximate surface area is 123 Å². The van der Waals surface area contributed by atoms with Crippen molar-refractivity contribution in [3.8, 4) is 5.75 Å². The summed E-state index contributed by atoms with van der Waals surface area (Å²) in [6, 6.07) is 7.63. The summed E-state index contributed by atoms with van der Waals surface area (Å²) in [5, 5.41) is 3.68. The lowest BCUT2D eigenvalue weighted by molar-refractivity contribution is 0.163. The van der Waals surface area contributed by atoms with E-state index in [2.05, 4.69) is 65.1 Å². The fourth-order valence-electron chi connectivity index (χ4n) is 2.84. The molecule has 0 fully saturated rings. The van der Waals surface area contributed by atoms with Gasteiger partial charge in [-0.25, -0.2) is 0 Å². The zero-order valence-corrected chi connectivity index (χ0v) is 13.8. The van der Waals surface area contributed by atoms with Crippen LogP contribution in [0.25, 0.3) is 0 Å². The van der Waals surface area contributed by atoms with Gasteiger partial charge in [0.1, 0.15) is 5.75 Å². The van der Waals surface area contributed by atoms with Gasteiger partial charge < -0.3 is 10.1 Å². The molecule has 2 atom stereocenters. The number of hydrogen-bond acceptors (Lipinski definition) is 2. The average molecular weight is 275 g/mol. The molecule has 0 bridgehead atoms. The molecule has 0 radical (unpaired) electrons. The second-order valence-electron chi connectivity index (χ2n) is 7.03. The van der Waals surface area contributed by atoms with Crippen LogP contribution in [0.3, 0.4) is 0 Å². The van der Waals surface area contributed by atoms with E-state index in [1.165, 1.54) is 11.1 Å². The molecule has 1 aromatic rings. The molecule has 1 aliphatic heterocycles. The van der Waals surface area contributed by atoms with Crippen molar-refractivity contribution in [2.24, 2.45) is 0 Å². The van der Waals surface area contributed by atoms with Crippen LogP contribution in [0, 0.1) is 0 Å². The van der Waals surface area contributed by atoms with Gasteiger partial charge in [0.2, 0.25) is 0 Å². The lowest BCUT2D eigenvalue weighted by Gasteiger charge is -2.34. The molecule has 2 rings (SSSR count). The minimum atomic E-state index is 0.223. The highest BCUT2D eigenvalue weighted by atomic mass is 16.5. The van der Waals surface area contributed by atoms with Gasteiger partial charge in [0.05, 0.1) is 6.10 Å². The van der Waals surface area contributed by atoms with Crippen molar-refractivity contribution in [2.75, 3.05) is 0 Å². The highest BCUT2D eigenvalue weighted by Crippen LogP contribution is 2.38. The maximum atomic E-state index is 6.00. The number of rotatable bonds is 4. The molecule has 1 aromatic carbocycles. The van der Waals surface area contributed by atoms with Crippen molar-refractivity contribution in [1.29, 1.82) is 0 Å². The Morgan fingerprint density at radius 2 is 2.05 bits per heavy atom. The monoisotopic (exact) mass is 275 g/mol. The molecule has 112 valence electrons. The Morgan fingerprint density at radius 1 is 1.35 bits per heavy atom. The van der Waals surface area contributed by atoms with Crippen molar-refractivity contribution in [2.45, 2.75) is 78.0 Å². The SMILES string of the molecule is CCC(C)(C)c1ccc2c(c1)C(NC(C)C)CC(C)O2. The quantitative estimate of drug-likeness (QED) is 0.868. The first-order valence-corrected chi connectivity index (χ1v) is 7.90. The van der Waals surface area contributed by atoms with Gasteiger partial charge in [0, 0.05) is 24.1 Å². The summed E-state index contributed by atoms with van der Waals surface area (Å²) in [4.78, 5) is 0. The Balaban J connectivity index is 2.39. The molecular formula is C18H29NO. The minimum Gasteiger partial charge on any atom is -0.490 e. The molecule has 1 N–H and O–H groups in total. The van der Waals surface area contributed by atoms with E-state index in [1.54, 1.807) is 0 Å².